The fourth-order valence-electron chi connectivity index (χ4n) is 4.38. The second kappa shape index (κ2) is 11.4. The predicted molar refractivity (Wildman–Crippen MR) is 117 cm³/mol. The second-order valence-electron chi connectivity index (χ2n) is 8.07. The first kappa shape index (κ1) is 21.1. The van der Waals surface area contributed by atoms with Gasteiger partial charge in [-0.25, -0.2) is 0 Å². The zero-order valence-electron chi connectivity index (χ0n) is 17.8. The lowest BCUT2D eigenvalue weighted by Crippen LogP contribution is -2.44. The molecule has 5 nitrogen and oxygen atoms in total. The van der Waals surface area contributed by atoms with Gasteiger partial charge < -0.3 is 15.0 Å². The lowest BCUT2D eigenvalue weighted by atomic mass is 10.0. The first-order chi connectivity index (χ1) is 13.8. The molecule has 0 spiro atoms. The van der Waals surface area contributed by atoms with Crippen molar-refractivity contribution < 1.29 is 4.74 Å². The lowest BCUT2D eigenvalue weighted by molar-refractivity contribution is 0.0906. The van der Waals surface area contributed by atoms with Crippen LogP contribution in [0.4, 0.5) is 0 Å². The summed E-state index contributed by atoms with van der Waals surface area (Å²) < 4.78 is 5.98. The molecule has 2 aliphatic heterocycles. The third-order valence-electron chi connectivity index (χ3n) is 5.99. The zero-order valence-corrected chi connectivity index (χ0v) is 17.8. The van der Waals surface area contributed by atoms with Crippen LogP contribution in [0.1, 0.15) is 45.1 Å². The molecule has 1 N–H and O–H groups in total. The maximum atomic E-state index is 5.98. The summed E-state index contributed by atoms with van der Waals surface area (Å²) in [4.78, 5) is 10.1. The van der Waals surface area contributed by atoms with Crippen LogP contribution in [0.25, 0.3) is 0 Å². The molecular weight excluding hydrogens is 348 g/mol. The van der Waals surface area contributed by atoms with E-state index in [-0.39, 0.29) is 0 Å². The molecule has 1 aromatic carbocycles. The van der Waals surface area contributed by atoms with E-state index in [2.05, 4.69) is 53.2 Å². The van der Waals surface area contributed by atoms with E-state index in [1.807, 2.05) is 6.07 Å². The average Bonchev–Trinajstić information content (AvgIpc) is 3.21. The Morgan fingerprint density at radius 1 is 1.14 bits per heavy atom. The Hall–Kier alpha value is -1.59. The molecule has 0 radical (unpaired) electrons. The minimum Gasteiger partial charge on any atom is -0.376 e. The molecule has 3 rings (SSSR count). The molecule has 5 heteroatoms. The number of guanidine groups is 1. The lowest BCUT2D eigenvalue weighted by Gasteiger charge is -2.34. The Morgan fingerprint density at radius 3 is 2.79 bits per heavy atom. The summed E-state index contributed by atoms with van der Waals surface area (Å²) in [6.45, 7) is 12.3. The van der Waals surface area contributed by atoms with E-state index in [1.165, 1.54) is 37.8 Å². The van der Waals surface area contributed by atoms with E-state index in [0.29, 0.717) is 18.6 Å². The summed E-state index contributed by atoms with van der Waals surface area (Å²) in [6, 6.07) is 11.1. The van der Waals surface area contributed by atoms with Crippen molar-refractivity contribution in [2.75, 3.05) is 45.9 Å². The van der Waals surface area contributed by atoms with Crippen molar-refractivity contribution in [3.8, 4) is 0 Å². The van der Waals surface area contributed by atoms with E-state index in [4.69, 9.17) is 9.73 Å². The molecule has 2 fully saturated rings. The number of aliphatic imine (C=N–C) groups is 1. The number of likely N-dealkylation sites (N-methyl/N-ethyl adjacent to an activating group) is 1. The number of ether oxygens (including phenoxy) is 1. The zero-order chi connectivity index (χ0) is 19.6. The highest BCUT2D eigenvalue weighted by Gasteiger charge is 2.26. The van der Waals surface area contributed by atoms with E-state index >= 15 is 0 Å². The molecule has 0 amide bonds. The van der Waals surface area contributed by atoms with Gasteiger partial charge in [0.2, 0.25) is 0 Å². The molecule has 2 heterocycles. The van der Waals surface area contributed by atoms with Crippen molar-refractivity contribution in [1.29, 1.82) is 0 Å². The van der Waals surface area contributed by atoms with E-state index < -0.39 is 0 Å². The van der Waals surface area contributed by atoms with Gasteiger partial charge >= 0.3 is 0 Å². The number of likely N-dealkylation sites (tertiary alicyclic amines) is 2. The molecule has 28 heavy (non-hydrogen) atoms. The molecule has 0 aliphatic carbocycles. The van der Waals surface area contributed by atoms with Crippen LogP contribution in [-0.2, 0) is 11.3 Å². The van der Waals surface area contributed by atoms with Gasteiger partial charge in [-0.05, 0) is 44.8 Å². The topological polar surface area (TPSA) is 40.1 Å². The molecule has 2 unspecified atom stereocenters. The molecule has 156 valence electrons. The van der Waals surface area contributed by atoms with Crippen LogP contribution in [-0.4, -0.2) is 67.7 Å². The summed E-state index contributed by atoms with van der Waals surface area (Å²) >= 11 is 0. The van der Waals surface area contributed by atoms with Crippen molar-refractivity contribution in [1.82, 2.24) is 15.1 Å². The fourth-order valence-corrected chi connectivity index (χ4v) is 4.38. The highest BCUT2D eigenvalue weighted by molar-refractivity contribution is 5.80. The van der Waals surface area contributed by atoms with Crippen LogP contribution in [0, 0.1) is 5.92 Å². The maximum Gasteiger partial charge on any atom is 0.193 e. The third-order valence-corrected chi connectivity index (χ3v) is 5.99. The summed E-state index contributed by atoms with van der Waals surface area (Å²) in [7, 11) is 0. The summed E-state index contributed by atoms with van der Waals surface area (Å²) in [5.41, 5.74) is 1.25. The van der Waals surface area contributed by atoms with E-state index in [0.717, 1.165) is 45.3 Å². The average molecular weight is 387 g/mol. The number of hydrogen-bond acceptors (Lipinski definition) is 3. The van der Waals surface area contributed by atoms with Gasteiger partial charge in [-0.2, -0.15) is 0 Å². The SMILES string of the molecule is CCNC(=NCC1CCCCN1CC)N1CCC(COCc2ccccc2)C1. The van der Waals surface area contributed by atoms with Crippen LogP contribution in [0.15, 0.2) is 35.3 Å². The second-order valence-corrected chi connectivity index (χ2v) is 8.07. The Balaban J connectivity index is 1.47. The molecule has 0 saturated carbocycles. The summed E-state index contributed by atoms with van der Waals surface area (Å²) in [5.74, 6) is 1.68. The van der Waals surface area contributed by atoms with Gasteiger partial charge in [0, 0.05) is 31.6 Å². The van der Waals surface area contributed by atoms with Crippen molar-refractivity contribution in [2.45, 2.75) is 52.2 Å². The van der Waals surface area contributed by atoms with Crippen molar-refractivity contribution in [3.05, 3.63) is 35.9 Å². The first-order valence-corrected chi connectivity index (χ1v) is 11.2. The summed E-state index contributed by atoms with van der Waals surface area (Å²) in [6.07, 6.45) is 5.15. The van der Waals surface area contributed by atoms with Gasteiger partial charge in [0.25, 0.3) is 0 Å². The van der Waals surface area contributed by atoms with Crippen LogP contribution in [0.5, 0.6) is 0 Å². The van der Waals surface area contributed by atoms with Crippen LogP contribution in [0.2, 0.25) is 0 Å². The van der Waals surface area contributed by atoms with Gasteiger partial charge in [0.05, 0.1) is 19.8 Å². The molecule has 2 atom stereocenters. The molecule has 1 aromatic rings. The number of nitrogens with zero attached hydrogens (tertiary/aromatic N) is 3. The highest BCUT2D eigenvalue weighted by Crippen LogP contribution is 2.19. The molecule has 2 saturated heterocycles. The van der Waals surface area contributed by atoms with Gasteiger partial charge in [-0.1, -0.05) is 43.7 Å². The first-order valence-electron chi connectivity index (χ1n) is 11.2. The number of rotatable bonds is 8. The molecule has 0 aromatic heterocycles. The molecular formula is C23H38N4O. The Kier molecular flexibility index (Phi) is 8.62. The normalized spacial score (nSPS) is 23.9. The number of hydrogen-bond donors (Lipinski definition) is 1. The molecule has 2 aliphatic rings. The van der Waals surface area contributed by atoms with Crippen molar-refractivity contribution in [2.24, 2.45) is 10.9 Å². The summed E-state index contributed by atoms with van der Waals surface area (Å²) in [5, 5.41) is 3.52. The standard InChI is InChI=1S/C23H38N4O/c1-3-24-23(25-16-22-12-8-9-14-26(22)4-2)27-15-13-21(17-27)19-28-18-20-10-6-5-7-11-20/h5-7,10-11,21-22H,3-4,8-9,12-19H2,1-2H3,(H,24,25). The predicted octanol–water partition coefficient (Wildman–Crippen LogP) is 3.37. The van der Waals surface area contributed by atoms with Crippen LogP contribution >= 0.6 is 0 Å². The molecule has 0 bridgehead atoms. The number of benzene rings is 1. The minimum absolute atomic E-state index is 0.592. The van der Waals surface area contributed by atoms with Gasteiger partial charge in [0.1, 0.15) is 0 Å². The van der Waals surface area contributed by atoms with E-state index in [1.54, 1.807) is 0 Å². The van der Waals surface area contributed by atoms with Crippen LogP contribution in [0.3, 0.4) is 0 Å². The Labute approximate surface area is 171 Å². The minimum atomic E-state index is 0.592. The van der Waals surface area contributed by atoms with Gasteiger partial charge in [0.15, 0.2) is 5.96 Å². The highest BCUT2D eigenvalue weighted by atomic mass is 16.5. The van der Waals surface area contributed by atoms with Crippen LogP contribution < -0.4 is 5.32 Å². The number of piperidine rings is 1. The Bertz CT molecular complexity index is 592. The van der Waals surface area contributed by atoms with E-state index in [9.17, 15) is 0 Å². The quantitative estimate of drug-likeness (QED) is 0.549. The van der Waals surface area contributed by atoms with Crippen molar-refractivity contribution in [3.63, 3.8) is 0 Å². The van der Waals surface area contributed by atoms with Gasteiger partial charge in [-0.15, -0.1) is 0 Å². The number of nitrogens with one attached hydrogen (secondary N) is 1. The fraction of sp³-hybridized carbons (Fsp3) is 0.696. The smallest absolute Gasteiger partial charge is 0.193 e. The monoisotopic (exact) mass is 386 g/mol. The largest absolute Gasteiger partial charge is 0.376 e. The van der Waals surface area contributed by atoms with Crippen molar-refractivity contribution >= 4 is 5.96 Å². The Morgan fingerprint density at radius 2 is 2.00 bits per heavy atom. The van der Waals surface area contributed by atoms with Gasteiger partial charge in [-0.3, -0.25) is 9.89 Å². The third kappa shape index (κ3) is 6.21. The maximum absolute atomic E-state index is 5.98.